The van der Waals surface area contributed by atoms with Crippen LogP contribution < -0.4 is 10.2 Å². The number of carbonyl (C=O) groups is 1. The van der Waals surface area contributed by atoms with Crippen LogP contribution in [0.25, 0.3) is 10.2 Å². The number of aromatic nitrogens is 1. The molecule has 4 rings (SSSR count). The molecule has 0 bridgehead atoms. The molecule has 1 aromatic heterocycles. The van der Waals surface area contributed by atoms with Gasteiger partial charge in [0.25, 0.3) is 5.91 Å². The number of anilines is 1. The van der Waals surface area contributed by atoms with Gasteiger partial charge in [-0.05, 0) is 30.3 Å². The van der Waals surface area contributed by atoms with Gasteiger partial charge in [-0.1, -0.05) is 35.3 Å². The summed E-state index contributed by atoms with van der Waals surface area (Å²) in [5.74, 6) is -0.0582. The zero-order valence-electron chi connectivity index (χ0n) is 14.0. The van der Waals surface area contributed by atoms with Crippen LogP contribution in [0.1, 0.15) is 23.9 Å². The molecule has 2 N–H and O–H groups in total. The molecular formula is C19H18Cl2N3OS+. The fraction of sp³-hybridized carbons (Fsp3) is 0.263. The third-order valence-corrected chi connectivity index (χ3v) is 6.40. The number of fused-ring (bicyclic) bond motifs is 1. The lowest BCUT2D eigenvalue weighted by atomic mass is 10.2. The number of likely N-dealkylation sites (tertiary alicyclic amines) is 1. The summed E-state index contributed by atoms with van der Waals surface area (Å²) in [5, 5.41) is 5.04. The number of halogens is 2. The Hall–Kier alpha value is -1.66. The lowest BCUT2D eigenvalue weighted by molar-refractivity contribution is -0.910. The van der Waals surface area contributed by atoms with Crippen LogP contribution in [0.3, 0.4) is 0 Å². The number of hydrogen-bond donors (Lipinski definition) is 2. The molecule has 3 aromatic rings. The van der Waals surface area contributed by atoms with Crippen LogP contribution in [-0.2, 0) is 4.79 Å². The molecule has 1 aliphatic heterocycles. The summed E-state index contributed by atoms with van der Waals surface area (Å²) in [7, 11) is 0. The predicted molar refractivity (Wildman–Crippen MR) is 107 cm³/mol. The standard InChI is InChI=1S/C19H17Cl2N3OS/c20-12-7-8-13(21)15(10-12)22-18(25)11-24-9-3-5-16(24)19-23-14-4-1-2-6-17(14)26-19/h1-2,4,6-8,10,16H,3,5,9,11H2,(H,22,25)/p+1/t16-/m1/s1. The van der Waals surface area contributed by atoms with E-state index in [1.54, 1.807) is 29.5 Å². The summed E-state index contributed by atoms with van der Waals surface area (Å²) in [6.07, 6.45) is 2.15. The number of quaternary nitrogens is 1. The second kappa shape index (κ2) is 7.53. The van der Waals surface area contributed by atoms with Gasteiger partial charge in [-0.2, -0.15) is 0 Å². The van der Waals surface area contributed by atoms with Gasteiger partial charge in [0.05, 0.1) is 27.5 Å². The number of thiazole rings is 1. The molecule has 4 nitrogen and oxygen atoms in total. The molecule has 134 valence electrons. The van der Waals surface area contributed by atoms with E-state index in [9.17, 15) is 4.79 Å². The minimum atomic E-state index is -0.0582. The lowest BCUT2D eigenvalue weighted by Crippen LogP contribution is -3.11. The Bertz CT molecular complexity index is 926. The number of amides is 1. The van der Waals surface area contributed by atoms with Crippen molar-refractivity contribution in [2.75, 3.05) is 18.4 Å². The highest BCUT2D eigenvalue weighted by molar-refractivity contribution is 7.18. The molecule has 0 saturated carbocycles. The first-order chi connectivity index (χ1) is 12.6. The lowest BCUT2D eigenvalue weighted by Gasteiger charge is -2.19. The summed E-state index contributed by atoms with van der Waals surface area (Å²) in [6, 6.07) is 13.5. The van der Waals surface area contributed by atoms with Crippen LogP contribution in [0, 0.1) is 0 Å². The Balaban J connectivity index is 1.48. The Morgan fingerprint density at radius 2 is 2.12 bits per heavy atom. The number of carbonyl (C=O) groups excluding carboxylic acids is 1. The number of benzene rings is 2. The van der Waals surface area contributed by atoms with Gasteiger partial charge in [0, 0.05) is 17.9 Å². The number of hydrogen-bond acceptors (Lipinski definition) is 3. The zero-order valence-corrected chi connectivity index (χ0v) is 16.3. The molecule has 1 aliphatic rings. The Morgan fingerprint density at radius 3 is 2.96 bits per heavy atom. The van der Waals surface area contributed by atoms with Crippen LogP contribution >= 0.6 is 34.5 Å². The molecule has 1 fully saturated rings. The topological polar surface area (TPSA) is 46.4 Å². The maximum absolute atomic E-state index is 12.5. The van der Waals surface area contributed by atoms with Crippen molar-refractivity contribution in [3.05, 3.63) is 57.5 Å². The molecule has 0 radical (unpaired) electrons. The number of nitrogens with zero attached hydrogens (tertiary/aromatic N) is 1. The molecule has 1 amide bonds. The highest BCUT2D eigenvalue weighted by atomic mass is 35.5. The van der Waals surface area contributed by atoms with Crippen LogP contribution in [0.2, 0.25) is 10.0 Å². The summed E-state index contributed by atoms with van der Waals surface area (Å²) < 4.78 is 1.20. The van der Waals surface area contributed by atoms with Gasteiger partial charge in [0.2, 0.25) is 0 Å². The minimum absolute atomic E-state index is 0.0582. The maximum atomic E-state index is 12.5. The van der Waals surface area contributed by atoms with Crippen LogP contribution in [0.5, 0.6) is 0 Å². The largest absolute Gasteiger partial charge is 0.320 e. The van der Waals surface area contributed by atoms with E-state index in [-0.39, 0.29) is 11.9 Å². The number of nitrogens with one attached hydrogen (secondary N) is 2. The normalized spacial score (nSPS) is 19.8. The fourth-order valence-electron chi connectivity index (χ4n) is 3.45. The first-order valence-corrected chi connectivity index (χ1v) is 10.1. The van der Waals surface area contributed by atoms with E-state index in [4.69, 9.17) is 28.2 Å². The van der Waals surface area contributed by atoms with Crippen molar-refractivity contribution >= 4 is 56.3 Å². The smallest absolute Gasteiger partial charge is 0.279 e. The van der Waals surface area contributed by atoms with Crippen molar-refractivity contribution < 1.29 is 9.69 Å². The highest BCUT2D eigenvalue weighted by Crippen LogP contribution is 2.29. The van der Waals surface area contributed by atoms with Gasteiger partial charge >= 0.3 is 0 Å². The van der Waals surface area contributed by atoms with E-state index in [1.165, 1.54) is 9.60 Å². The van der Waals surface area contributed by atoms with Crippen molar-refractivity contribution in [2.45, 2.75) is 18.9 Å². The monoisotopic (exact) mass is 406 g/mol. The van der Waals surface area contributed by atoms with Crippen molar-refractivity contribution in [2.24, 2.45) is 0 Å². The minimum Gasteiger partial charge on any atom is -0.320 e. The van der Waals surface area contributed by atoms with E-state index < -0.39 is 0 Å². The van der Waals surface area contributed by atoms with Crippen molar-refractivity contribution in [3.8, 4) is 0 Å². The SMILES string of the molecule is O=C(C[NH+]1CCC[C@@H]1c1nc2ccccc2s1)Nc1cc(Cl)ccc1Cl. The van der Waals surface area contributed by atoms with E-state index in [0.717, 1.165) is 29.9 Å². The summed E-state index contributed by atoms with van der Waals surface area (Å²) in [5.41, 5.74) is 1.59. The average molecular weight is 407 g/mol. The van der Waals surface area contributed by atoms with Crippen LogP contribution in [0.15, 0.2) is 42.5 Å². The number of para-hydroxylation sites is 1. The molecule has 1 saturated heterocycles. The molecule has 2 atom stereocenters. The molecule has 26 heavy (non-hydrogen) atoms. The fourth-order valence-corrected chi connectivity index (χ4v) is 4.95. The Labute approximate surface area is 165 Å². The van der Waals surface area contributed by atoms with E-state index in [1.807, 2.05) is 18.2 Å². The predicted octanol–water partition coefficient (Wildman–Crippen LogP) is 3.96. The molecule has 2 heterocycles. The number of rotatable bonds is 4. The van der Waals surface area contributed by atoms with Crippen molar-refractivity contribution in [1.29, 1.82) is 0 Å². The average Bonchev–Trinajstić information content (AvgIpc) is 3.24. The summed E-state index contributed by atoms with van der Waals surface area (Å²) >= 11 is 13.9. The molecule has 1 unspecified atom stereocenters. The van der Waals surface area contributed by atoms with Crippen LogP contribution in [-0.4, -0.2) is 24.0 Å². The first kappa shape index (κ1) is 17.7. The van der Waals surface area contributed by atoms with Gasteiger partial charge in [0.1, 0.15) is 6.04 Å². The van der Waals surface area contributed by atoms with Gasteiger partial charge < -0.3 is 10.2 Å². The second-order valence-corrected chi connectivity index (χ2v) is 8.38. The van der Waals surface area contributed by atoms with Gasteiger partial charge in [-0.3, -0.25) is 4.79 Å². The van der Waals surface area contributed by atoms with Crippen molar-refractivity contribution in [3.63, 3.8) is 0 Å². The van der Waals surface area contributed by atoms with Gasteiger partial charge in [-0.25, -0.2) is 4.98 Å². The quantitative estimate of drug-likeness (QED) is 0.688. The molecular weight excluding hydrogens is 389 g/mol. The van der Waals surface area contributed by atoms with E-state index in [0.29, 0.717) is 22.3 Å². The first-order valence-electron chi connectivity index (χ1n) is 8.55. The second-order valence-electron chi connectivity index (χ2n) is 6.47. The third-order valence-electron chi connectivity index (χ3n) is 4.68. The summed E-state index contributed by atoms with van der Waals surface area (Å²) in [6.45, 7) is 1.36. The molecule has 0 spiro atoms. The molecule has 0 aliphatic carbocycles. The van der Waals surface area contributed by atoms with E-state index >= 15 is 0 Å². The molecule has 7 heteroatoms. The molecule has 2 aromatic carbocycles. The van der Waals surface area contributed by atoms with E-state index in [2.05, 4.69) is 11.4 Å². The van der Waals surface area contributed by atoms with Gasteiger partial charge in [0.15, 0.2) is 11.6 Å². The van der Waals surface area contributed by atoms with Crippen molar-refractivity contribution in [1.82, 2.24) is 4.98 Å². The zero-order chi connectivity index (χ0) is 18.1. The maximum Gasteiger partial charge on any atom is 0.279 e. The highest BCUT2D eigenvalue weighted by Gasteiger charge is 2.34. The Kier molecular flexibility index (Phi) is 5.14. The third kappa shape index (κ3) is 3.71. The van der Waals surface area contributed by atoms with Crippen LogP contribution in [0.4, 0.5) is 5.69 Å². The Morgan fingerprint density at radius 1 is 1.27 bits per heavy atom. The summed E-state index contributed by atoms with van der Waals surface area (Å²) in [4.78, 5) is 18.6. The van der Waals surface area contributed by atoms with Gasteiger partial charge in [-0.15, -0.1) is 11.3 Å².